The molecule has 1 saturated heterocycles. The monoisotopic (exact) mass is 423 g/mol. The molecule has 0 spiro atoms. The van der Waals surface area contributed by atoms with Crippen LogP contribution in [-0.2, 0) is 4.74 Å². The van der Waals surface area contributed by atoms with Crippen molar-refractivity contribution in [1.82, 2.24) is 10.3 Å². The number of benzene rings is 2. The number of rotatable bonds is 4. The highest BCUT2D eigenvalue weighted by atomic mass is 32.1. The van der Waals surface area contributed by atoms with Crippen molar-refractivity contribution in [2.75, 3.05) is 31.7 Å². The molecule has 0 aliphatic carbocycles. The minimum Gasteiger partial charge on any atom is -0.493 e. The second kappa shape index (κ2) is 8.24. The molecule has 30 heavy (non-hydrogen) atoms. The lowest BCUT2D eigenvalue weighted by Crippen LogP contribution is -2.36. The van der Waals surface area contributed by atoms with E-state index in [-0.39, 0.29) is 11.9 Å². The number of nitrogens with zero attached hydrogens (tertiary/aromatic N) is 2. The minimum absolute atomic E-state index is 0.0303. The molecule has 1 fully saturated rings. The summed E-state index contributed by atoms with van der Waals surface area (Å²) >= 11 is 1.65. The lowest BCUT2D eigenvalue weighted by Gasteiger charge is -2.30. The third-order valence-corrected chi connectivity index (χ3v) is 7.03. The Morgan fingerprint density at radius 1 is 1.20 bits per heavy atom. The van der Waals surface area contributed by atoms with Crippen LogP contribution in [0.15, 0.2) is 42.5 Å². The lowest BCUT2D eigenvalue weighted by atomic mass is 10.00. The number of methoxy groups -OCH3 is 1. The standard InChI is InChI=1S/C23H25N3O3S/c1-28-16-8-11-26(12-9-16)23-25-19-7-6-15(14-21(19)30-23)22(27)24-18-10-13-29-20-5-3-2-4-17(18)20/h2-7,14,16,18H,8-13H2,1H3,(H,24,27)/t18-/m0/s1. The second-order valence-corrected chi connectivity index (χ2v) is 8.81. The van der Waals surface area contributed by atoms with E-state index < -0.39 is 0 Å². The predicted octanol–water partition coefficient (Wildman–Crippen LogP) is 4.17. The van der Waals surface area contributed by atoms with Gasteiger partial charge in [-0.3, -0.25) is 4.79 Å². The molecular formula is C23H25N3O3S. The highest BCUT2D eigenvalue weighted by Crippen LogP contribution is 2.33. The van der Waals surface area contributed by atoms with Crippen molar-refractivity contribution in [3.8, 4) is 5.75 Å². The van der Waals surface area contributed by atoms with Gasteiger partial charge in [-0.1, -0.05) is 29.5 Å². The van der Waals surface area contributed by atoms with Crippen LogP contribution < -0.4 is 15.0 Å². The largest absolute Gasteiger partial charge is 0.493 e. The zero-order chi connectivity index (χ0) is 20.5. The Morgan fingerprint density at radius 3 is 2.87 bits per heavy atom. The van der Waals surface area contributed by atoms with Gasteiger partial charge in [-0.15, -0.1) is 0 Å². The van der Waals surface area contributed by atoms with Crippen LogP contribution >= 0.6 is 11.3 Å². The van der Waals surface area contributed by atoms with Crippen LogP contribution in [0.25, 0.3) is 10.2 Å². The quantitative estimate of drug-likeness (QED) is 0.683. The first-order valence-electron chi connectivity index (χ1n) is 10.4. The molecule has 1 N–H and O–H groups in total. The van der Waals surface area contributed by atoms with Crippen LogP contribution in [0, 0.1) is 0 Å². The van der Waals surface area contributed by atoms with Gasteiger partial charge >= 0.3 is 0 Å². The van der Waals surface area contributed by atoms with E-state index in [1.807, 2.05) is 42.5 Å². The van der Waals surface area contributed by atoms with E-state index >= 15 is 0 Å². The van der Waals surface area contributed by atoms with E-state index in [1.165, 1.54) is 0 Å². The topological polar surface area (TPSA) is 63.7 Å². The van der Waals surface area contributed by atoms with E-state index in [4.69, 9.17) is 14.5 Å². The van der Waals surface area contributed by atoms with Crippen molar-refractivity contribution in [1.29, 1.82) is 0 Å². The molecule has 156 valence electrons. The van der Waals surface area contributed by atoms with Crippen LogP contribution in [0.1, 0.15) is 41.2 Å². The van der Waals surface area contributed by atoms with Crippen molar-refractivity contribution in [3.63, 3.8) is 0 Å². The van der Waals surface area contributed by atoms with E-state index in [2.05, 4.69) is 10.2 Å². The van der Waals surface area contributed by atoms with E-state index in [1.54, 1.807) is 18.4 Å². The van der Waals surface area contributed by atoms with Crippen LogP contribution in [-0.4, -0.2) is 43.8 Å². The van der Waals surface area contributed by atoms with Crippen LogP contribution in [0.3, 0.4) is 0 Å². The molecule has 2 aliphatic heterocycles. The second-order valence-electron chi connectivity index (χ2n) is 7.80. The van der Waals surface area contributed by atoms with Crippen molar-refractivity contribution >= 4 is 32.6 Å². The Balaban J connectivity index is 1.32. The van der Waals surface area contributed by atoms with Crippen molar-refractivity contribution in [2.45, 2.75) is 31.4 Å². The van der Waals surface area contributed by atoms with Gasteiger partial charge in [0.25, 0.3) is 5.91 Å². The van der Waals surface area contributed by atoms with E-state index in [9.17, 15) is 4.79 Å². The summed E-state index contributed by atoms with van der Waals surface area (Å²) in [6.45, 7) is 2.52. The maximum Gasteiger partial charge on any atom is 0.251 e. The van der Waals surface area contributed by atoms with Gasteiger partial charge in [-0.25, -0.2) is 4.98 Å². The Hall–Kier alpha value is -2.64. The number of para-hydroxylation sites is 1. The third-order valence-electron chi connectivity index (χ3n) is 5.95. The number of hydrogen-bond donors (Lipinski definition) is 1. The van der Waals surface area contributed by atoms with Gasteiger partial charge in [0, 0.05) is 37.7 Å². The Bertz CT molecular complexity index is 1060. The van der Waals surface area contributed by atoms with Crippen LogP contribution in [0.4, 0.5) is 5.13 Å². The normalized spacial score (nSPS) is 19.4. The van der Waals surface area contributed by atoms with Crippen LogP contribution in [0.5, 0.6) is 5.75 Å². The van der Waals surface area contributed by atoms with Gasteiger partial charge in [-0.05, 0) is 37.1 Å². The highest BCUT2D eigenvalue weighted by Gasteiger charge is 2.24. The number of ether oxygens (including phenoxy) is 2. The molecule has 0 saturated carbocycles. The molecular weight excluding hydrogens is 398 g/mol. The fourth-order valence-corrected chi connectivity index (χ4v) is 5.26. The third kappa shape index (κ3) is 3.75. The molecule has 1 atom stereocenters. The first-order valence-corrected chi connectivity index (χ1v) is 11.2. The molecule has 6 nitrogen and oxygen atoms in total. The Kier molecular flexibility index (Phi) is 5.31. The number of amides is 1. The number of anilines is 1. The zero-order valence-corrected chi connectivity index (χ0v) is 17.8. The summed E-state index contributed by atoms with van der Waals surface area (Å²) in [5.41, 5.74) is 2.65. The number of carbonyl (C=O) groups is 1. The average molecular weight is 424 g/mol. The molecule has 5 rings (SSSR count). The fraction of sp³-hybridized carbons (Fsp3) is 0.391. The summed E-state index contributed by atoms with van der Waals surface area (Å²) in [6, 6.07) is 13.6. The molecule has 2 aliphatic rings. The predicted molar refractivity (Wildman–Crippen MR) is 119 cm³/mol. The minimum atomic E-state index is -0.0607. The molecule has 1 aromatic heterocycles. The summed E-state index contributed by atoms with van der Waals surface area (Å²) < 4.78 is 12.2. The number of thiazole rings is 1. The number of carbonyl (C=O) groups excluding carboxylic acids is 1. The molecule has 2 aromatic carbocycles. The number of piperidine rings is 1. The van der Waals surface area contributed by atoms with E-state index in [0.717, 1.165) is 59.0 Å². The molecule has 0 radical (unpaired) electrons. The molecule has 7 heteroatoms. The smallest absolute Gasteiger partial charge is 0.251 e. The maximum atomic E-state index is 13.0. The summed E-state index contributed by atoms with van der Waals surface area (Å²) in [5, 5.41) is 4.20. The average Bonchev–Trinajstić information content (AvgIpc) is 3.23. The van der Waals surface area contributed by atoms with Gasteiger partial charge in [0.15, 0.2) is 5.13 Å². The molecule has 0 unspecified atom stereocenters. The number of hydrogen-bond acceptors (Lipinski definition) is 6. The number of nitrogens with one attached hydrogen (secondary N) is 1. The molecule has 0 bridgehead atoms. The maximum absolute atomic E-state index is 13.0. The van der Waals surface area contributed by atoms with E-state index in [0.29, 0.717) is 18.3 Å². The first-order chi connectivity index (χ1) is 14.7. The highest BCUT2D eigenvalue weighted by molar-refractivity contribution is 7.22. The molecule has 3 heterocycles. The van der Waals surface area contributed by atoms with Gasteiger partial charge < -0.3 is 19.7 Å². The SMILES string of the molecule is COC1CCN(c2nc3ccc(C(=O)N[C@H]4CCOc5ccccc54)cc3s2)CC1. The Morgan fingerprint density at radius 2 is 2.03 bits per heavy atom. The van der Waals surface area contributed by atoms with Crippen molar-refractivity contribution < 1.29 is 14.3 Å². The number of aromatic nitrogens is 1. The first kappa shape index (κ1) is 19.3. The summed E-state index contributed by atoms with van der Waals surface area (Å²) in [6.07, 6.45) is 3.16. The van der Waals surface area contributed by atoms with Gasteiger partial charge in [0.1, 0.15) is 5.75 Å². The lowest BCUT2D eigenvalue weighted by molar-refractivity contribution is 0.0819. The molecule has 1 amide bonds. The number of fused-ring (bicyclic) bond motifs is 2. The summed E-state index contributed by atoms with van der Waals surface area (Å²) in [5.74, 6) is 0.795. The summed E-state index contributed by atoms with van der Waals surface area (Å²) in [4.78, 5) is 20.1. The van der Waals surface area contributed by atoms with Gasteiger partial charge in [0.05, 0.1) is 29.0 Å². The van der Waals surface area contributed by atoms with Crippen molar-refractivity contribution in [2.24, 2.45) is 0 Å². The van der Waals surface area contributed by atoms with Gasteiger partial charge in [0.2, 0.25) is 0 Å². The molecule has 3 aromatic rings. The zero-order valence-electron chi connectivity index (χ0n) is 17.0. The summed E-state index contributed by atoms with van der Waals surface area (Å²) in [7, 11) is 1.78. The van der Waals surface area contributed by atoms with Crippen molar-refractivity contribution in [3.05, 3.63) is 53.6 Å². The van der Waals surface area contributed by atoms with Crippen LogP contribution in [0.2, 0.25) is 0 Å². The fourth-order valence-electron chi connectivity index (χ4n) is 4.21. The van der Waals surface area contributed by atoms with Gasteiger partial charge in [-0.2, -0.15) is 0 Å². The Labute approximate surface area is 179 Å².